The summed E-state index contributed by atoms with van der Waals surface area (Å²) in [5.41, 5.74) is 0.497. The molecule has 2 aliphatic carbocycles. The van der Waals surface area contributed by atoms with E-state index >= 15 is 0 Å². The summed E-state index contributed by atoms with van der Waals surface area (Å²) in [7, 11) is 0. The predicted octanol–water partition coefficient (Wildman–Crippen LogP) is 2.37. The fourth-order valence-electron chi connectivity index (χ4n) is 3.31. The molecule has 2 saturated carbocycles. The third-order valence-electron chi connectivity index (χ3n) is 4.71. The molecular formula is C14H18N2OS. The minimum absolute atomic E-state index is 0.133. The molecule has 1 atom stereocenters. The molecular weight excluding hydrogens is 244 g/mol. The van der Waals surface area contributed by atoms with Gasteiger partial charge in [0.2, 0.25) is 5.91 Å². The van der Waals surface area contributed by atoms with E-state index in [9.17, 15) is 4.79 Å². The average molecular weight is 262 g/mol. The van der Waals surface area contributed by atoms with Gasteiger partial charge < -0.3 is 4.90 Å². The summed E-state index contributed by atoms with van der Waals surface area (Å²) in [6.07, 6.45) is 5.57. The van der Waals surface area contributed by atoms with Gasteiger partial charge in [-0.2, -0.15) is 0 Å². The third kappa shape index (κ3) is 1.70. The molecule has 0 spiro atoms. The van der Waals surface area contributed by atoms with Crippen LogP contribution in [-0.4, -0.2) is 23.9 Å². The van der Waals surface area contributed by atoms with Crippen LogP contribution in [0.1, 0.15) is 36.7 Å². The van der Waals surface area contributed by atoms with Crippen molar-refractivity contribution in [2.45, 2.75) is 31.8 Å². The lowest BCUT2D eigenvalue weighted by Crippen LogP contribution is -2.35. The van der Waals surface area contributed by atoms with Crippen molar-refractivity contribution < 1.29 is 4.79 Å². The molecule has 3 aliphatic rings. The van der Waals surface area contributed by atoms with Gasteiger partial charge in [-0.15, -0.1) is 11.3 Å². The van der Waals surface area contributed by atoms with Gasteiger partial charge in [0.05, 0.1) is 6.54 Å². The maximum absolute atomic E-state index is 12.1. The normalized spacial score (nSPS) is 29.9. The summed E-state index contributed by atoms with van der Waals surface area (Å²) in [4.78, 5) is 15.5. The number of rotatable bonds is 4. The van der Waals surface area contributed by atoms with E-state index in [1.807, 2.05) is 0 Å². The van der Waals surface area contributed by atoms with Crippen LogP contribution >= 0.6 is 11.3 Å². The quantitative estimate of drug-likeness (QED) is 0.903. The Bertz CT molecular complexity index is 462. The Morgan fingerprint density at radius 1 is 1.44 bits per heavy atom. The van der Waals surface area contributed by atoms with Gasteiger partial charge in [-0.1, -0.05) is 6.07 Å². The first-order valence-corrected chi connectivity index (χ1v) is 7.73. The van der Waals surface area contributed by atoms with Crippen molar-refractivity contribution in [2.24, 2.45) is 11.3 Å². The van der Waals surface area contributed by atoms with Gasteiger partial charge in [-0.25, -0.2) is 0 Å². The molecule has 3 nitrogen and oxygen atoms in total. The lowest BCUT2D eigenvalue weighted by molar-refractivity contribution is -0.129. The SMILES string of the molecule is O=C1CNC(c2cccs2)N1CC1(C2CC2)CC1. The molecule has 4 heteroatoms. The maximum Gasteiger partial charge on any atom is 0.238 e. The molecule has 0 radical (unpaired) electrons. The van der Waals surface area contributed by atoms with E-state index < -0.39 is 0 Å². The van der Waals surface area contributed by atoms with Crippen molar-refractivity contribution >= 4 is 17.2 Å². The summed E-state index contributed by atoms with van der Waals surface area (Å²) in [6.45, 7) is 1.48. The van der Waals surface area contributed by atoms with Crippen molar-refractivity contribution in [1.82, 2.24) is 10.2 Å². The number of carbonyl (C=O) groups excluding carboxylic acids is 1. The summed E-state index contributed by atoms with van der Waals surface area (Å²) in [6, 6.07) is 4.20. The summed E-state index contributed by atoms with van der Waals surface area (Å²) >= 11 is 1.74. The molecule has 0 bridgehead atoms. The number of carbonyl (C=O) groups is 1. The van der Waals surface area contributed by atoms with Crippen LogP contribution < -0.4 is 5.32 Å². The van der Waals surface area contributed by atoms with Gasteiger partial charge in [0.15, 0.2) is 0 Å². The number of hydrogen-bond donors (Lipinski definition) is 1. The standard InChI is InChI=1S/C14H18N2OS/c17-12-8-15-13(11-2-1-7-18-11)16(12)9-14(5-6-14)10-3-4-10/h1-2,7,10,13,15H,3-6,8-9H2. The molecule has 3 fully saturated rings. The van der Waals surface area contributed by atoms with Crippen molar-refractivity contribution in [3.63, 3.8) is 0 Å². The molecule has 1 amide bonds. The van der Waals surface area contributed by atoms with Crippen LogP contribution in [-0.2, 0) is 4.79 Å². The number of hydrogen-bond acceptors (Lipinski definition) is 3. The van der Waals surface area contributed by atoms with Crippen molar-refractivity contribution in [3.05, 3.63) is 22.4 Å². The Balaban J connectivity index is 1.55. The summed E-state index contributed by atoms with van der Waals surface area (Å²) < 4.78 is 0. The molecule has 0 aromatic carbocycles. The molecule has 18 heavy (non-hydrogen) atoms. The van der Waals surface area contributed by atoms with Gasteiger partial charge in [0.1, 0.15) is 6.17 Å². The largest absolute Gasteiger partial charge is 0.320 e. The molecule has 1 N–H and O–H groups in total. The smallest absolute Gasteiger partial charge is 0.238 e. The highest BCUT2D eigenvalue weighted by molar-refractivity contribution is 7.10. The van der Waals surface area contributed by atoms with Crippen molar-refractivity contribution in [2.75, 3.05) is 13.1 Å². The Morgan fingerprint density at radius 3 is 2.89 bits per heavy atom. The van der Waals surface area contributed by atoms with E-state index in [1.54, 1.807) is 11.3 Å². The van der Waals surface area contributed by atoms with E-state index in [1.165, 1.54) is 30.6 Å². The zero-order chi connectivity index (χ0) is 12.2. The van der Waals surface area contributed by atoms with Gasteiger partial charge >= 0.3 is 0 Å². The molecule has 1 aliphatic heterocycles. The molecule has 1 saturated heterocycles. The van der Waals surface area contributed by atoms with Crippen LogP contribution in [0.4, 0.5) is 0 Å². The van der Waals surface area contributed by atoms with Crippen LogP contribution in [0.3, 0.4) is 0 Å². The Kier molecular flexibility index (Phi) is 2.33. The van der Waals surface area contributed by atoms with E-state index in [2.05, 4.69) is 27.7 Å². The topological polar surface area (TPSA) is 32.3 Å². The van der Waals surface area contributed by atoms with E-state index in [0.29, 0.717) is 12.0 Å². The minimum Gasteiger partial charge on any atom is -0.320 e. The first kappa shape index (κ1) is 11.0. The molecule has 1 unspecified atom stereocenters. The fraction of sp³-hybridized carbons (Fsp3) is 0.643. The zero-order valence-electron chi connectivity index (χ0n) is 10.4. The van der Waals surface area contributed by atoms with Crippen molar-refractivity contribution in [3.8, 4) is 0 Å². The predicted molar refractivity (Wildman–Crippen MR) is 71.2 cm³/mol. The lowest BCUT2D eigenvalue weighted by atomic mass is 9.99. The molecule has 1 aromatic heterocycles. The second kappa shape index (κ2) is 3.81. The maximum atomic E-state index is 12.1. The second-order valence-electron chi connectivity index (χ2n) is 5.96. The van der Waals surface area contributed by atoms with E-state index in [-0.39, 0.29) is 12.1 Å². The fourth-order valence-corrected chi connectivity index (χ4v) is 4.12. The number of amides is 1. The molecule has 2 heterocycles. The minimum atomic E-state index is 0.133. The Labute approximate surface area is 111 Å². The Hall–Kier alpha value is -0.870. The van der Waals surface area contributed by atoms with Crippen LogP contribution in [0.2, 0.25) is 0 Å². The van der Waals surface area contributed by atoms with Gasteiger partial charge in [-0.3, -0.25) is 10.1 Å². The number of nitrogens with zero attached hydrogens (tertiary/aromatic N) is 1. The highest BCUT2D eigenvalue weighted by Crippen LogP contribution is 2.62. The van der Waals surface area contributed by atoms with E-state index in [4.69, 9.17) is 0 Å². The summed E-state index contributed by atoms with van der Waals surface area (Å²) in [5, 5.41) is 5.44. The van der Waals surface area contributed by atoms with E-state index in [0.717, 1.165) is 12.5 Å². The van der Waals surface area contributed by atoms with Crippen molar-refractivity contribution in [1.29, 1.82) is 0 Å². The molecule has 1 aromatic rings. The first-order chi connectivity index (χ1) is 8.78. The highest BCUT2D eigenvalue weighted by atomic mass is 32.1. The Morgan fingerprint density at radius 2 is 2.28 bits per heavy atom. The first-order valence-electron chi connectivity index (χ1n) is 6.85. The number of thiophene rings is 1. The third-order valence-corrected chi connectivity index (χ3v) is 5.64. The van der Waals surface area contributed by atoms with Gasteiger partial charge in [0, 0.05) is 11.4 Å². The summed E-state index contributed by atoms with van der Waals surface area (Å²) in [5.74, 6) is 1.19. The lowest BCUT2D eigenvalue weighted by Gasteiger charge is -2.28. The zero-order valence-corrected chi connectivity index (χ0v) is 11.2. The monoisotopic (exact) mass is 262 g/mol. The van der Waals surface area contributed by atoms with Crippen LogP contribution in [0, 0.1) is 11.3 Å². The molecule has 96 valence electrons. The van der Waals surface area contributed by atoms with Crippen LogP contribution in [0.15, 0.2) is 17.5 Å². The van der Waals surface area contributed by atoms with Gasteiger partial charge in [-0.05, 0) is 48.5 Å². The second-order valence-corrected chi connectivity index (χ2v) is 6.94. The van der Waals surface area contributed by atoms with Gasteiger partial charge in [0.25, 0.3) is 0 Å². The molecule has 4 rings (SSSR count). The van der Waals surface area contributed by atoms with Crippen LogP contribution in [0.25, 0.3) is 0 Å². The van der Waals surface area contributed by atoms with Crippen LogP contribution in [0.5, 0.6) is 0 Å². The highest BCUT2D eigenvalue weighted by Gasteiger charge is 2.55. The average Bonchev–Trinajstić information content (AvgIpc) is 3.25. The number of nitrogens with one attached hydrogen (secondary N) is 1.